The Morgan fingerprint density at radius 3 is 2.51 bits per heavy atom. The molecule has 2 aliphatic rings. The van der Waals surface area contributed by atoms with Gasteiger partial charge < -0.3 is 29.2 Å². The molecule has 2 atom stereocenters. The molecule has 244 valence electrons. The Balaban J connectivity index is 1.11. The fourth-order valence-corrected chi connectivity index (χ4v) is 6.42. The Hall–Kier alpha value is -5.20. The van der Waals surface area contributed by atoms with Crippen LogP contribution in [0.1, 0.15) is 52.0 Å². The van der Waals surface area contributed by atoms with Crippen LogP contribution < -0.4 is 19.5 Å². The van der Waals surface area contributed by atoms with Gasteiger partial charge in [0.05, 0.1) is 18.3 Å². The van der Waals surface area contributed by atoms with Gasteiger partial charge in [0, 0.05) is 54.2 Å². The number of carbonyl (C=O) groups excluding carboxylic acids is 1. The number of carbonyl (C=O) groups is 1. The molecule has 12 nitrogen and oxygen atoms in total. The van der Waals surface area contributed by atoms with Gasteiger partial charge in [-0.3, -0.25) is 0 Å². The van der Waals surface area contributed by atoms with Crippen LogP contribution in [0.4, 0.5) is 20.7 Å². The molecule has 47 heavy (non-hydrogen) atoms. The first kappa shape index (κ1) is 30.5. The zero-order valence-corrected chi connectivity index (χ0v) is 26.9. The number of piperidine rings is 1. The molecule has 2 fully saturated rings. The topological polar surface area (TPSA) is 125 Å². The van der Waals surface area contributed by atoms with Crippen LogP contribution in [0.25, 0.3) is 16.6 Å². The van der Waals surface area contributed by atoms with Crippen molar-refractivity contribution in [3.63, 3.8) is 0 Å². The summed E-state index contributed by atoms with van der Waals surface area (Å²) in [5.41, 5.74) is 1.22. The number of benzene rings is 2. The summed E-state index contributed by atoms with van der Waals surface area (Å²) < 4.78 is 41.2. The number of rotatable bonds is 7. The van der Waals surface area contributed by atoms with Gasteiger partial charge in [-0.1, -0.05) is 0 Å². The summed E-state index contributed by atoms with van der Waals surface area (Å²) in [6, 6.07) is 10.5. The van der Waals surface area contributed by atoms with E-state index in [0.29, 0.717) is 63.8 Å². The van der Waals surface area contributed by atoms with E-state index in [2.05, 4.69) is 25.4 Å². The summed E-state index contributed by atoms with van der Waals surface area (Å²) in [6.07, 6.45) is 7.37. The summed E-state index contributed by atoms with van der Waals surface area (Å²) in [4.78, 5) is 27.8. The first-order valence-electron chi connectivity index (χ1n) is 15.6. The lowest BCUT2D eigenvalue weighted by atomic mass is 10.00. The SMILES string of the molecule is COc1cc2ncnc(Nc3ccc(Oc4ccn5ncnc5c4)c(C)c3F)c2cc1OC1CC2CCC(C1)N2C(=O)OC(C)(C)C. The van der Waals surface area contributed by atoms with E-state index < -0.39 is 11.4 Å². The maximum absolute atomic E-state index is 15.7. The molecule has 5 aromatic rings. The van der Waals surface area contributed by atoms with Crippen molar-refractivity contribution >= 4 is 34.1 Å². The molecule has 2 unspecified atom stereocenters. The smallest absolute Gasteiger partial charge is 0.410 e. The van der Waals surface area contributed by atoms with Gasteiger partial charge >= 0.3 is 6.09 Å². The van der Waals surface area contributed by atoms with E-state index in [9.17, 15) is 4.79 Å². The molecule has 7 rings (SSSR count). The number of anilines is 2. The van der Waals surface area contributed by atoms with Gasteiger partial charge in [-0.25, -0.2) is 28.7 Å². The molecule has 0 spiro atoms. The molecule has 3 aromatic heterocycles. The standard InChI is InChI=1S/C34H36FN7O5/c1-19-27(45-22-10-11-41-30(14-22)37-18-39-41)9-8-25(31(19)35)40-32-24-15-29(28(44-5)16-26(24)36-17-38-32)46-23-12-20-6-7-21(13-23)42(20)33(43)47-34(2,3)4/h8-11,14-18,20-21,23H,6-7,12-13H2,1-5H3,(H,36,38,40). The van der Waals surface area contributed by atoms with Crippen molar-refractivity contribution in [2.45, 2.75) is 77.2 Å². The van der Waals surface area contributed by atoms with Crippen molar-refractivity contribution in [1.82, 2.24) is 29.5 Å². The quantitative estimate of drug-likeness (QED) is 0.199. The molecule has 1 N–H and O–H groups in total. The van der Waals surface area contributed by atoms with Crippen LogP contribution in [-0.4, -0.2) is 66.5 Å². The first-order chi connectivity index (χ1) is 22.6. The van der Waals surface area contributed by atoms with Gasteiger partial charge in [-0.2, -0.15) is 5.10 Å². The van der Waals surface area contributed by atoms with Gasteiger partial charge in [-0.15, -0.1) is 0 Å². The van der Waals surface area contributed by atoms with E-state index in [-0.39, 0.29) is 30.0 Å². The van der Waals surface area contributed by atoms with Crippen molar-refractivity contribution < 1.29 is 28.1 Å². The van der Waals surface area contributed by atoms with Crippen LogP contribution >= 0.6 is 0 Å². The van der Waals surface area contributed by atoms with Crippen LogP contribution in [0.15, 0.2) is 55.2 Å². The molecule has 2 saturated heterocycles. The minimum absolute atomic E-state index is 0.0457. The Kier molecular flexibility index (Phi) is 7.69. The molecule has 2 bridgehead atoms. The monoisotopic (exact) mass is 641 g/mol. The minimum Gasteiger partial charge on any atom is -0.493 e. The van der Waals surface area contributed by atoms with E-state index in [1.54, 1.807) is 55.1 Å². The van der Waals surface area contributed by atoms with Crippen LogP contribution in [0.3, 0.4) is 0 Å². The van der Waals surface area contributed by atoms with Crippen LogP contribution in [0, 0.1) is 12.7 Å². The summed E-state index contributed by atoms with van der Waals surface area (Å²) in [5, 5.41) is 7.86. The van der Waals surface area contributed by atoms with Crippen molar-refractivity contribution in [1.29, 1.82) is 0 Å². The lowest BCUT2D eigenvalue weighted by molar-refractivity contribution is -0.00735. The highest BCUT2D eigenvalue weighted by Crippen LogP contribution is 2.41. The minimum atomic E-state index is -0.553. The van der Waals surface area contributed by atoms with E-state index in [4.69, 9.17) is 18.9 Å². The predicted octanol–water partition coefficient (Wildman–Crippen LogP) is 6.97. The second kappa shape index (κ2) is 11.9. The molecule has 13 heteroatoms. The summed E-state index contributed by atoms with van der Waals surface area (Å²) in [6.45, 7) is 7.29. The second-order valence-corrected chi connectivity index (χ2v) is 12.9. The highest BCUT2D eigenvalue weighted by molar-refractivity contribution is 5.93. The van der Waals surface area contributed by atoms with E-state index in [1.165, 1.54) is 12.7 Å². The number of halogens is 1. The van der Waals surface area contributed by atoms with Gasteiger partial charge in [0.2, 0.25) is 0 Å². The average Bonchev–Trinajstić information content (AvgIpc) is 3.61. The lowest BCUT2D eigenvalue weighted by Crippen LogP contribution is -2.50. The maximum Gasteiger partial charge on any atom is 0.410 e. The predicted molar refractivity (Wildman–Crippen MR) is 172 cm³/mol. The third-order valence-corrected chi connectivity index (χ3v) is 8.58. The summed E-state index contributed by atoms with van der Waals surface area (Å²) in [5.74, 6) is 1.87. The largest absolute Gasteiger partial charge is 0.493 e. The third-order valence-electron chi connectivity index (χ3n) is 8.58. The van der Waals surface area contributed by atoms with Gasteiger partial charge in [0.25, 0.3) is 0 Å². The number of aromatic nitrogens is 5. The lowest BCUT2D eigenvalue weighted by Gasteiger charge is -2.39. The molecule has 0 aliphatic carbocycles. The third kappa shape index (κ3) is 6.05. The first-order valence-corrected chi connectivity index (χ1v) is 15.6. The number of hydrogen-bond acceptors (Lipinski definition) is 10. The van der Waals surface area contributed by atoms with E-state index in [1.807, 2.05) is 31.7 Å². The number of methoxy groups -OCH3 is 1. The zero-order valence-electron chi connectivity index (χ0n) is 26.9. The number of pyridine rings is 1. The number of amides is 1. The molecule has 1 amide bonds. The summed E-state index contributed by atoms with van der Waals surface area (Å²) in [7, 11) is 1.58. The Morgan fingerprint density at radius 2 is 1.77 bits per heavy atom. The van der Waals surface area contributed by atoms with Crippen LogP contribution in [0.5, 0.6) is 23.0 Å². The van der Waals surface area contributed by atoms with E-state index in [0.717, 1.165) is 12.8 Å². The molecule has 2 aliphatic heterocycles. The molecular formula is C34H36FN7O5. The molecule has 0 saturated carbocycles. The highest BCUT2D eigenvalue weighted by atomic mass is 19.1. The normalized spacial score (nSPS) is 19.2. The fraction of sp³-hybridized carbons (Fsp3) is 0.382. The van der Waals surface area contributed by atoms with Gasteiger partial charge in [0.1, 0.15) is 41.7 Å². The van der Waals surface area contributed by atoms with Gasteiger partial charge in [-0.05, 0) is 64.8 Å². The highest BCUT2D eigenvalue weighted by Gasteiger charge is 2.45. The zero-order chi connectivity index (χ0) is 32.9. The fourth-order valence-electron chi connectivity index (χ4n) is 6.42. The Bertz CT molecular complexity index is 1960. The van der Waals surface area contributed by atoms with Crippen LogP contribution in [0.2, 0.25) is 0 Å². The van der Waals surface area contributed by atoms with Crippen molar-refractivity contribution in [3.05, 3.63) is 66.6 Å². The Morgan fingerprint density at radius 1 is 0.979 bits per heavy atom. The van der Waals surface area contributed by atoms with Crippen molar-refractivity contribution in [2.24, 2.45) is 0 Å². The summed E-state index contributed by atoms with van der Waals surface area (Å²) >= 11 is 0. The number of nitrogens with zero attached hydrogens (tertiary/aromatic N) is 6. The second-order valence-electron chi connectivity index (χ2n) is 12.9. The molecule has 5 heterocycles. The van der Waals surface area contributed by atoms with Gasteiger partial charge in [0.15, 0.2) is 23.0 Å². The van der Waals surface area contributed by atoms with Crippen LogP contribution in [-0.2, 0) is 4.74 Å². The number of ether oxygens (including phenoxy) is 4. The number of hydrogen-bond donors (Lipinski definition) is 1. The molecule has 0 radical (unpaired) electrons. The number of nitrogens with one attached hydrogen (secondary N) is 1. The average molecular weight is 642 g/mol. The Labute approximate surface area is 270 Å². The maximum atomic E-state index is 15.7. The number of fused-ring (bicyclic) bond motifs is 4. The molecule has 2 aromatic carbocycles. The van der Waals surface area contributed by atoms with Crippen molar-refractivity contribution in [2.75, 3.05) is 12.4 Å². The molecular weight excluding hydrogens is 605 g/mol. The van der Waals surface area contributed by atoms with Crippen molar-refractivity contribution in [3.8, 4) is 23.0 Å². The van der Waals surface area contributed by atoms with E-state index >= 15 is 4.39 Å².